The molecule has 0 amide bonds. The van der Waals surface area contributed by atoms with Crippen molar-refractivity contribution in [2.45, 2.75) is 32.6 Å². The molecule has 0 saturated carbocycles. The van der Waals surface area contributed by atoms with Crippen LogP contribution in [0.3, 0.4) is 0 Å². The minimum atomic E-state index is -0.351. The Hall–Kier alpha value is -2.14. The van der Waals surface area contributed by atoms with Gasteiger partial charge >= 0.3 is 0 Å². The van der Waals surface area contributed by atoms with Crippen LogP contribution in [0.25, 0.3) is 0 Å². The summed E-state index contributed by atoms with van der Waals surface area (Å²) in [5.41, 5.74) is 3.59. The second-order valence-electron chi connectivity index (χ2n) is 5.67. The molecule has 0 aliphatic carbocycles. The summed E-state index contributed by atoms with van der Waals surface area (Å²) >= 11 is 0. The highest BCUT2D eigenvalue weighted by molar-refractivity contribution is 5.47. The van der Waals surface area contributed by atoms with Crippen molar-refractivity contribution in [1.82, 2.24) is 4.98 Å². The molecule has 0 radical (unpaired) electrons. The number of aromatic hydroxyl groups is 1. The molecule has 2 aromatic rings. The number of aliphatic hydroxyl groups excluding tert-OH is 1. The molecule has 0 saturated heterocycles. The Morgan fingerprint density at radius 1 is 1.26 bits per heavy atom. The summed E-state index contributed by atoms with van der Waals surface area (Å²) in [7, 11) is 0. The van der Waals surface area contributed by atoms with Crippen molar-refractivity contribution in [3.05, 3.63) is 52.7 Å². The Morgan fingerprint density at radius 3 is 2.70 bits per heavy atom. The molecule has 2 rings (SSSR count). The van der Waals surface area contributed by atoms with Crippen LogP contribution >= 0.6 is 0 Å². The van der Waals surface area contributed by atoms with Gasteiger partial charge < -0.3 is 15.5 Å². The van der Waals surface area contributed by atoms with E-state index in [2.05, 4.69) is 10.3 Å². The molecule has 0 aliphatic heterocycles. The topological polar surface area (TPSA) is 65.4 Å². The van der Waals surface area contributed by atoms with Crippen molar-refractivity contribution in [2.75, 3.05) is 18.7 Å². The summed E-state index contributed by atoms with van der Waals surface area (Å²) < 4.78 is 12.3. The molecular weight excluding hydrogens is 295 g/mol. The summed E-state index contributed by atoms with van der Waals surface area (Å²) in [6.07, 6.45) is 1.09. The van der Waals surface area contributed by atoms with Gasteiger partial charge in [0, 0.05) is 17.2 Å². The summed E-state index contributed by atoms with van der Waals surface area (Å²) in [4.78, 5) is 4.30. The number of aromatic nitrogens is 1. The SMILES string of the molecule is Cc1cc(C(C)c2ccc(CCCF)cc2O)cc(NCO)n1. The van der Waals surface area contributed by atoms with Crippen molar-refractivity contribution in [2.24, 2.45) is 0 Å². The van der Waals surface area contributed by atoms with Gasteiger partial charge in [0.15, 0.2) is 0 Å². The van der Waals surface area contributed by atoms with Gasteiger partial charge in [-0.3, -0.25) is 4.39 Å². The van der Waals surface area contributed by atoms with Crippen molar-refractivity contribution in [1.29, 1.82) is 0 Å². The van der Waals surface area contributed by atoms with Gasteiger partial charge in [0.05, 0.1) is 6.67 Å². The van der Waals surface area contributed by atoms with Crippen LogP contribution < -0.4 is 5.32 Å². The van der Waals surface area contributed by atoms with Crippen LogP contribution in [0.5, 0.6) is 5.75 Å². The lowest BCUT2D eigenvalue weighted by Gasteiger charge is -2.17. The third-order valence-corrected chi connectivity index (χ3v) is 3.90. The highest BCUT2D eigenvalue weighted by Crippen LogP contribution is 2.33. The minimum Gasteiger partial charge on any atom is -0.508 e. The van der Waals surface area contributed by atoms with Crippen LogP contribution in [-0.4, -0.2) is 28.6 Å². The fourth-order valence-electron chi connectivity index (χ4n) is 2.68. The number of halogens is 1. The predicted octanol–water partition coefficient (Wildman–Crippen LogP) is 3.51. The van der Waals surface area contributed by atoms with Gasteiger partial charge in [0.2, 0.25) is 0 Å². The fraction of sp³-hybridized carbons (Fsp3) is 0.389. The number of benzene rings is 1. The van der Waals surface area contributed by atoms with Gasteiger partial charge in [0.1, 0.15) is 18.3 Å². The summed E-state index contributed by atoms with van der Waals surface area (Å²) in [5, 5.41) is 22.1. The number of aryl methyl sites for hydroxylation is 2. The van der Waals surface area contributed by atoms with Crippen molar-refractivity contribution in [3.63, 3.8) is 0 Å². The number of aliphatic hydroxyl groups is 1. The number of pyridine rings is 1. The second kappa shape index (κ2) is 7.92. The fourth-order valence-corrected chi connectivity index (χ4v) is 2.68. The third kappa shape index (κ3) is 4.42. The molecule has 124 valence electrons. The lowest BCUT2D eigenvalue weighted by atomic mass is 9.91. The van der Waals surface area contributed by atoms with Crippen LogP contribution in [0, 0.1) is 6.92 Å². The maximum atomic E-state index is 12.3. The first-order chi connectivity index (χ1) is 11.0. The quantitative estimate of drug-likeness (QED) is 0.684. The Labute approximate surface area is 136 Å². The molecule has 4 nitrogen and oxygen atoms in total. The van der Waals surface area contributed by atoms with Gasteiger partial charge in [-0.15, -0.1) is 0 Å². The zero-order valence-corrected chi connectivity index (χ0v) is 13.5. The maximum absolute atomic E-state index is 12.3. The summed E-state index contributed by atoms with van der Waals surface area (Å²) in [6, 6.07) is 9.36. The molecule has 0 spiro atoms. The van der Waals surface area contributed by atoms with E-state index in [0.717, 1.165) is 22.4 Å². The highest BCUT2D eigenvalue weighted by Gasteiger charge is 2.15. The molecule has 1 aromatic heterocycles. The average Bonchev–Trinajstić information content (AvgIpc) is 2.52. The number of phenolic OH excluding ortho intramolecular Hbond substituents is 1. The summed E-state index contributed by atoms with van der Waals surface area (Å²) in [6.45, 7) is 3.36. The van der Waals surface area contributed by atoms with E-state index in [1.54, 1.807) is 6.07 Å². The molecule has 0 bridgehead atoms. The second-order valence-corrected chi connectivity index (χ2v) is 5.67. The Bertz CT molecular complexity index is 661. The monoisotopic (exact) mass is 318 g/mol. The summed E-state index contributed by atoms with van der Waals surface area (Å²) in [5.74, 6) is 0.805. The normalized spacial score (nSPS) is 12.2. The van der Waals surface area contributed by atoms with Crippen LogP contribution in [0.2, 0.25) is 0 Å². The number of phenols is 1. The van der Waals surface area contributed by atoms with E-state index >= 15 is 0 Å². The Morgan fingerprint density at radius 2 is 2.04 bits per heavy atom. The van der Waals surface area contributed by atoms with Gasteiger partial charge in [-0.25, -0.2) is 4.98 Å². The van der Waals surface area contributed by atoms with E-state index in [0.29, 0.717) is 18.7 Å². The van der Waals surface area contributed by atoms with Crippen LogP contribution in [0.1, 0.15) is 41.6 Å². The number of rotatable bonds is 7. The number of nitrogens with one attached hydrogen (secondary N) is 1. The van der Waals surface area contributed by atoms with Gasteiger partial charge in [-0.05, 0) is 49.1 Å². The lowest BCUT2D eigenvalue weighted by molar-refractivity contribution is 0.325. The number of alkyl halides is 1. The van der Waals surface area contributed by atoms with E-state index in [1.165, 1.54) is 0 Å². The minimum absolute atomic E-state index is 0.0221. The molecule has 5 heteroatoms. The maximum Gasteiger partial charge on any atom is 0.128 e. The largest absolute Gasteiger partial charge is 0.508 e. The van der Waals surface area contributed by atoms with E-state index < -0.39 is 0 Å². The Kier molecular flexibility index (Phi) is 5.93. The molecule has 1 atom stereocenters. The number of hydrogen-bond acceptors (Lipinski definition) is 4. The molecule has 1 aromatic carbocycles. The van der Waals surface area contributed by atoms with Crippen LogP contribution in [0.15, 0.2) is 30.3 Å². The van der Waals surface area contributed by atoms with Crippen LogP contribution in [-0.2, 0) is 6.42 Å². The molecule has 1 unspecified atom stereocenters. The molecule has 23 heavy (non-hydrogen) atoms. The molecular formula is C18H23FN2O2. The average molecular weight is 318 g/mol. The van der Waals surface area contributed by atoms with E-state index in [4.69, 9.17) is 5.11 Å². The predicted molar refractivity (Wildman–Crippen MR) is 89.6 cm³/mol. The van der Waals surface area contributed by atoms with Crippen LogP contribution in [0.4, 0.5) is 10.2 Å². The van der Waals surface area contributed by atoms with E-state index in [-0.39, 0.29) is 25.1 Å². The van der Waals surface area contributed by atoms with Crippen molar-refractivity contribution in [3.8, 4) is 5.75 Å². The van der Waals surface area contributed by atoms with Gasteiger partial charge in [-0.1, -0.05) is 19.1 Å². The smallest absolute Gasteiger partial charge is 0.128 e. The number of hydrogen-bond donors (Lipinski definition) is 3. The molecule has 0 fully saturated rings. The molecule has 1 heterocycles. The number of nitrogens with zero attached hydrogens (tertiary/aromatic N) is 1. The first-order valence-electron chi connectivity index (χ1n) is 7.76. The van der Waals surface area contributed by atoms with Crippen molar-refractivity contribution >= 4 is 5.82 Å². The van der Waals surface area contributed by atoms with Gasteiger partial charge in [0.25, 0.3) is 0 Å². The Balaban J connectivity index is 2.27. The van der Waals surface area contributed by atoms with E-state index in [9.17, 15) is 9.50 Å². The lowest BCUT2D eigenvalue weighted by Crippen LogP contribution is -2.05. The van der Waals surface area contributed by atoms with E-state index in [1.807, 2.05) is 38.1 Å². The highest BCUT2D eigenvalue weighted by atomic mass is 19.1. The first-order valence-corrected chi connectivity index (χ1v) is 7.76. The molecule has 0 aliphatic rings. The third-order valence-electron chi connectivity index (χ3n) is 3.90. The van der Waals surface area contributed by atoms with Crippen molar-refractivity contribution < 1.29 is 14.6 Å². The zero-order chi connectivity index (χ0) is 16.8. The van der Waals surface area contributed by atoms with Gasteiger partial charge in [-0.2, -0.15) is 0 Å². The number of anilines is 1. The molecule has 3 N–H and O–H groups in total. The zero-order valence-electron chi connectivity index (χ0n) is 13.5. The first kappa shape index (κ1) is 17.2. The standard InChI is InChI=1S/C18H23FN2O2/c1-12-8-15(10-18(21-12)20-11-22)13(2)16-6-5-14(4-3-7-19)9-17(16)23/h5-6,8-10,13,22-23H,3-4,7,11H2,1-2H3,(H,20,21).